The predicted octanol–water partition coefficient (Wildman–Crippen LogP) is 0.602. The third-order valence-corrected chi connectivity index (χ3v) is 4.00. The van der Waals surface area contributed by atoms with Crippen LogP contribution in [-0.4, -0.2) is 45.9 Å². The van der Waals surface area contributed by atoms with Crippen LogP contribution in [0.15, 0.2) is 23.1 Å². The number of rotatable bonds is 8. The molecule has 0 radical (unpaired) electrons. The molecule has 0 spiro atoms. The van der Waals surface area contributed by atoms with E-state index in [9.17, 15) is 17.6 Å². The van der Waals surface area contributed by atoms with Gasteiger partial charge in [0.25, 0.3) is 0 Å². The van der Waals surface area contributed by atoms with Crippen molar-refractivity contribution in [3.63, 3.8) is 0 Å². The van der Waals surface area contributed by atoms with Gasteiger partial charge in [0, 0.05) is 7.11 Å². The first-order valence-corrected chi connectivity index (χ1v) is 7.42. The summed E-state index contributed by atoms with van der Waals surface area (Å²) in [6, 6.07) is 1.61. The summed E-state index contributed by atoms with van der Waals surface area (Å²) in [6.07, 6.45) is 0. The van der Waals surface area contributed by atoms with Crippen molar-refractivity contribution in [3.05, 3.63) is 24.0 Å². The highest BCUT2D eigenvalue weighted by atomic mass is 32.2. The number of ether oxygens (including phenoxy) is 2. The van der Waals surface area contributed by atoms with Gasteiger partial charge in [-0.15, -0.1) is 0 Å². The van der Waals surface area contributed by atoms with E-state index in [1.165, 1.54) is 7.11 Å². The minimum atomic E-state index is -4.23. The van der Waals surface area contributed by atoms with Gasteiger partial charge in [0.05, 0.1) is 6.61 Å². The van der Waals surface area contributed by atoms with Crippen LogP contribution in [0.5, 0.6) is 5.75 Å². The molecular formula is C12H16FNO6S. The second kappa shape index (κ2) is 7.34. The Bertz CT molecular complexity index is 604. The Kier molecular flexibility index (Phi) is 6.06. The summed E-state index contributed by atoms with van der Waals surface area (Å²) < 4.78 is 49.4. The van der Waals surface area contributed by atoms with Crippen molar-refractivity contribution in [2.75, 3.05) is 20.3 Å². The fourth-order valence-corrected chi connectivity index (χ4v) is 2.75. The van der Waals surface area contributed by atoms with Crippen LogP contribution >= 0.6 is 0 Å². The second-order valence-corrected chi connectivity index (χ2v) is 5.80. The number of carboxylic acids is 1. The number of halogens is 1. The summed E-state index contributed by atoms with van der Waals surface area (Å²) >= 11 is 0. The largest absolute Gasteiger partial charge is 0.490 e. The van der Waals surface area contributed by atoms with Gasteiger partial charge in [0.15, 0.2) is 0 Å². The van der Waals surface area contributed by atoms with Gasteiger partial charge in [0.2, 0.25) is 10.0 Å². The zero-order chi connectivity index (χ0) is 16.0. The molecule has 118 valence electrons. The van der Waals surface area contributed by atoms with Crippen LogP contribution in [0.4, 0.5) is 4.39 Å². The quantitative estimate of drug-likeness (QED) is 0.680. The average molecular weight is 321 g/mol. The fraction of sp³-hybridized carbons (Fsp3) is 0.417. The molecule has 2 N–H and O–H groups in total. The number of aliphatic carboxylic acids is 1. The van der Waals surface area contributed by atoms with E-state index in [2.05, 4.69) is 0 Å². The summed E-state index contributed by atoms with van der Waals surface area (Å²) in [7, 11) is -2.79. The number of nitrogens with one attached hydrogen (secondary N) is 1. The Balaban J connectivity index is 3.08. The van der Waals surface area contributed by atoms with Crippen molar-refractivity contribution in [2.24, 2.45) is 0 Å². The highest BCUT2D eigenvalue weighted by molar-refractivity contribution is 7.89. The molecule has 0 aliphatic heterocycles. The number of benzene rings is 1. The Morgan fingerprint density at radius 3 is 2.67 bits per heavy atom. The van der Waals surface area contributed by atoms with E-state index >= 15 is 0 Å². The first-order chi connectivity index (χ1) is 9.77. The van der Waals surface area contributed by atoms with E-state index in [1.54, 1.807) is 0 Å². The molecule has 1 aromatic carbocycles. The molecule has 0 amide bonds. The second-order valence-electron chi connectivity index (χ2n) is 4.11. The summed E-state index contributed by atoms with van der Waals surface area (Å²) in [5.74, 6) is -2.21. The maximum absolute atomic E-state index is 13.3. The lowest BCUT2D eigenvalue weighted by atomic mass is 10.3. The average Bonchev–Trinajstić information content (AvgIpc) is 2.40. The molecule has 0 saturated heterocycles. The Hall–Kier alpha value is -1.71. The Labute approximate surface area is 121 Å². The maximum Gasteiger partial charge on any atom is 0.321 e. The van der Waals surface area contributed by atoms with Gasteiger partial charge < -0.3 is 14.6 Å². The molecule has 21 heavy (non-hydrogen) atoms. The summed E-state index contributed by atoms with van der Waals surface area (Å²) in [4.78, 5) is 10.3. The molecule has 1 rings (SSSR count). The molecule has 0 aliphatic carbocycles. The first-order valence-electron chi connectivity index (χ1n) is 5.94. The number of methoxy groups -OCH3 is 1. The van der Waals surface area contributed by atoms with Crippen molar-refractivity contribution in [1.82, 2.24) is 4.72 Å². The molecule has 9 heteroatoms. The van der Waals surface area contributed by atoms with E-state index in [-0.39, 0.29) is 19.0 Å². The van der Waals surface area contributed by atoms with Crippen molar-refractivity contribution < 1.29 is 32.2 Å². The third-order valence-electron chi connectivity index (χ3n) is 2.44. The van der Waals surface area contributed by atoms with Crippen LogP contribution in [0.3, 0.4) is 0 Å². The van der Waals surface area contributed by atoms with E-state index in [0.717, 1.165) is 25.1 Å². The zero-order valence-electron chi connectivity index (χ0n) is 11.5. The van der Waals surface area contributed by atoms with Crippen LogP contribution in [-0.2, 0) is 19.6 Å². The van der Waals surface area contributed by atoms with Crippen LogP contribution in [0, 0.1) is 5.82 Å². The van der Waals surface area contributed by atoms with Crippen LogP contribution in [0.25, 0.3) is 0 Å². The van der Waals surface area contributed by atoms with Crippen molar-refractivity contribution in [3.8, 4) is 5.75 Å². The lowest BCUT2D eigenvalue weighted by Gasteiger charge is -2.14. The number of sulfonamides is 1. The standard InChI is InChI=1S/C12H16FNO6S/c1-8(12(15)16)14-21(17,18)11-7-9(13)3-4-10(11)20-6-5-19-2/h3-4,7-8,14H,5-6H2,1-2H3,(H,15,16). The minimum Gasteiger partial charge on any atom is -0.490 e. The highest BCUT2D eigenvalue weighted by Gasteiger charge is 2.25. The molecule has 1 unspecified atom stereocenters. The monoisotopic (exact) mass is 321 g/mol. The molecule has 0 heterocycles. The van der Waals surface area contributed by atoms with Crippen molar-refractivity contribution in [1.29, 1.82) is 0 Å². The molecule has 0 aromatic heterocycles. The van der Waals surface area contributed by atoms with Gasteiger partial charge >= 0.3 is 5.97 Å². The van der Waals surface area contributed by atoms with Gasteiger partial charge in [-0.25, -0.2) is 12.8 Å². The predicted molar refractivity (Wildman–Crippen MR) is 71.2 cm³/mol. The lowest BCUT2D eigenvalue weighted by molar-refractivity contribution is -0.138. The molecule has 1 aromatic rings. The topological polar surface area (TPSA) is 102 Å². The first kappa shape index (κ1) is 17.3. The zero-order valence-corrected chi connectivity index (χ0v) is 12.3. The highest BCUT2D eigenvalue weighted by Crippen LogP contribution is 2.25. The van der Waals surface area contributed by atoms with Gasteiger partial charge in [-0.3, -0.25) is 4.79 Å². The molecule has 0 saturated carbocycles. The minimum absolute atomic E-state index is 0.0686. The van der Waals surface area contributed by atoms with E-state index in [0.29, 0.717) is 0 Å². The summed E-state index contributed by atoms with van der Waals surface area (Å²) in [6.45, 7) is 1.44. The molecule has 0 fully saturated rings. The molecule has 7 nitrogen and oxygen atoms in total. The lowest BCUT2D eigenvalue weighted by Crippen LogP contribution is -2.38. The van der Waals surface area contributed by atoms with Crippen LogP contribution < -0.4 is 9.46 Å². The van der Waals surface area contributed by atoms with Crippen molar-refractivity contribution >= 4 is 16.0 Å². The smallest absolute Gasteiger partial charge is 0.321 e. The van der Waals surface area contributed by atoms with E-state index in [1.807, 2.05) is 4.72 Å². The maximum atomic E-state index is 13.3. The molecule has 0 bridgehead atoms. The van der Waals surface area contributed by atoms with E-state index in [4.69, 9.17) is 14.6 Å². The number of carboxylic acid groups (broad SMARTS) is 1. The number of hydrogen-bond donors (Lipinski definition) is 2. The van der Waals surface area contributed by atoms with Crippen LogP contribution in [0.1, 0.15) is 6.92 Å². The molecule has 1 atom stereocenters. The Morgan fingerprint density at radius 2 is 2.10 bits per heavy atom. The molecular weight excluding hydrogens is 305 g/mol. The molecule has 0 aliphatic rings. The SMILES string of the molecule is COCCOc1ccc(F)cc1S(=O)(=O)NC(C)C(=O)O. The van der Waals surface area contributed by atoms with Gasteiger partial charge in [0.1, 0.15) is 29.1 Å². The number of hydrogen-bond acceptors (Lipinski definition) is 5. The Morgan fingerprint density at radius 1 is 1.43 bits per heavy atom. The van der Waals surface area contributed by atoms with Crippen molar-refractivity contribution in [2.45, 2.75) is 17.9 Å². The summed E-state index contributed by atoms with van der Waals surface area (Å²) in [5, 5.41) is 8.74. The van der Waals surface area contributed by atoms with Gasteiger partial charge in [-0.1, -0.05) is 0 Å². The number of carbonyl (C=O) groups is 1. The van der Waals surface area contributed by atoms with E-state index < -0.39 is 32.7 Å². The fourth-order valence-electron chi connectivity index (χ4n) is 1.39. The normalized spacial score (nSPS) is 12.9. The summed E-state index contributed by atoms with van der Waals surface area (Å²) in [5.41, 5.74) is 0. The van der Waals surface area contributed by atoms with Crippen LogP contribution in [0.2, 0.25) is 0 Å². The van der Waals surface area contributed by atoms with Gasteiger partial charge in [-0.2, -0.15) is 4.72 Å². The third kappa shape index (κ3) is 4.96. The van der Waals surface area contributed by atoms with Gasteiger partial charge in [-0.05, 0) is 25.1 Å².